The van der Waals surface area contributed by atoms with Crippen LogP contribution in [-0.2, 0) is 11.3 Å². The summed E-state index contributed by atoms with van der Waals surface area (Å²) in [6.07, 6.45) is 2.86. The number of halogens is 1. The Kier molecular flexibility index (Phi) is 7.00. The Labute approximate surface area is 186 Å². The molecule has 0 saturated carbocycles. The van der Waals surface area contributed by atoms with E-state index < -0.39 is 22.5 Å². The maximum absolute atomic E-state index is 12.3. The van der Waals surface area contributed by atoms with E-state index in [-0.39, 0.29) is 28.5 Å². The summed E-state index contributed by atoms with van der Waals surface area (Å²) in [5.41, 5.74) is -0.0348. The van der Waals surface area contributed by atoms with Crippen LogP contribution < -0.4 is 10.1 Å². The molecule has 1 amide bonds. The number of esters is 1. The van der Waals surface area contributed by atoms with Gasteiger partial charge in [0.25, 0.3) is 11.6 Å². The van der Waals surface area contributed by atoms with Crippen molar-refractivity contribution in [1.82, 2.24) is 5.32 Å². The summed E-state index contributed by atoms with van der Waals surface area (Å²) in [6, 6.07) is 14.8. The van der Waals surface area contributed by atoms with E-state index in [1.54, 1.807) is 24.3 Å². The molecule has 1 heterocycles. The zero-order valence-electron chi connectivity index (χ0n) is 16.3. The van der Waals surface area contributed by atoms with Gasteiger partial charge in [0, 0.05) is 6.07 Å². The van der Waals surface area contributed by atoms with Crippen molar-refractivity contribution in [2.45, 2.75) is 6.54 Å². The predicted octanol–water partition coefficient (Wildman–Crippen LogP) is 4.28. The maximum atomic E-state index is 12.3. The van der Waals surface area contributed by atoms with Crippen LogP contribution in [0.3, 0.4) is 0 Å². The first kappa shape index (κ1) is 22.3. The molecule has 32 heavy (non-hydrogen) atoms. The standard InChI is InChI=1S/C22H14ClN3O6/c23-19-8-5-15(11-20(19)26(29)30)22(28)32-17-6-3-14(4-7-17)10-16(12-24)21(27)25-13-18-2-1-9-31-18/h1-11H,13H2,(H,25,27)/b16-10+. The normalized spacial score (nSPS) is 10.8. The lowest BCUT2D eigenvalue weighted by molar-refractivity contribution is -0.384. The van der Waals surface area contributed by atoms with Crippen LogP contribution in [0.4, 0.5) is 5.69 Å². The number of nitro benzene ring substituents is 1. The predicted molar refractivity (Wildman–Crippen MR) is 114 cm³/mol. The second-order valence-electron chi connectivity index (χ2n) is 6.31. The molecule has 9 nitrogen and oxygen atoms in total. The number of rotatable bonds is 7. The minimum atomic E-state index is -0.803. The van der Waals surface area contributed by atoms with Gasteiger partial charge in [-0.3, -0.25) is 14.9 Å². The van der Waals surface area contributed by atoms with E-state index in [2.05, 4.69) is 5.32 Å². The van der Waals surface area contributed by atoms with Gasteiger partial charge in [0.1, 0.15) is 28.2 Å². The molecule has 0 unspecified atom stereocenters. The van der Waals surface area contributed by atoms with Crippen molar-refractivity contribution in [1.29, 1.82) is 5.26 Å². The molecule has 2 aromatic carbocycles. The number of amides is 1. The monoisotopic (exact) mass is 451 g/mol. The molecular formula is C22H14ClN3O6. The smallest absolute Gasteiger partial charge is 0.343 e. The number of carbonyl (C=O) groups excluding carboxylic acids is 2. The van der Waals surface area contributed by atoms with E-state index in [9.17, 15) is 25.0 Å². The summed E-state index contributed by atoms with van der Waals surface area (Å²) >= 11 is 5.74. The Balaban J connectivity index is 1.66. The van der Waals surface area contributed by atoms with E-state index >= 15 is 0 Å². The lowest BCUT2D eigenvalue weighted by Crippen LogP contribution is -2.23. The van der Waals surface area contributed by atoms with Gasteiger partial charge in [0.05, 0.1) is 23.3 Å². The number of benzene rings is 2. The fourth-order valence-corrected chi connectivity index (χ4v) is 2.76. The van der Waals surface area contributed by atoms with Crippen LogP contribution in [0.1, 0.15) is 21.7 Å². The number of furan rings is 1. The average molecular weight is 452 g/mol. The van der Waals surface area contributed by atoms with Gasteiger partial charge in [-0.1, -0.05) is 23.7 Å². The van der Waals surface area contributed by atoms with Gasteiger partial charge in [-0.2, -0.15) is 5.26 Å². The quantitative estimate of drug-likeness (QED) is 0.141. The molecule has 3 rings (SSSR count). The average Bonchev–Trinajstić information content (AvgIpc) is 3.30. The molecular weight excluding hydrogens is 438 g/mol. The van der Waals surface area contributed by atoms with Gasteiger partial charge < -0.3 is 14.5 Å². The number of hydrogen-bond donors (Lipinski definition) is 1. The molecule has 0 aliphatic carbocycles. The highest BCUT2D eigenvalue weighted by Gasteiger charge is 2.17. The van der Waals surface area contributed by atoms with Crippen LogP contribution in [0.5, 0.6) is 5.75 Å². The van der Waals surface area contributed by atoms with Gasteiger partial charge in [-0.15, -0.1) is 0 Å². The van der Waals surface area contributed by atoms with E-state index in [1.165, 1.54) is 36.6 Å². The fraction of sp³-hybridized carbons (Fsp3) is 0.0455. The second kappa shape index (κ2) is 10.1. The highest BCUT2D eigenvalue weighted by molar-refractivity contribution is 6.32. The Morgan fingerprint density at radius 2 is 1.97 bits per heavy atom. The first-order valence-electron chi connectivity index (χ1n) is 9.06. The number of nitrogens with one attached hydrogen (secondary N) is 1. The van der Waals surface area contributed by atoms with Crippen molar-refractivity contribution in [3.63, 3.8) is 0 Å². The molecule has 0 aliphatic heterocycles. The van der Waals surface area contributed by atoms with E-state index in [1.807, 2.05) is 6.07 Å². The molecule has 0 spiro atoms. The number of nitriles is 1. The van der Waals surface area contributed by atoms with Crippen molar-refractivity contribution in [3.8, 4) is 11.8 Å². The van der Waals surface area contributed by atoms with Crippen molar-refractivity contribution < 1.29 is 23.7 Å². The number of ether oxygens (including phenoxy) is 1. The molecule has 0 fully saturated rings. The van der Waals surface area contributed by atoms with Gasteiger partial charge in [-0.25, -0.2) is 4.79 Å². The molecule has 0 radical (unpaired) electrons. The second-order valence-corrected chi connectivity index (χ2v) is 6.72. The fourth-order valence-electron chi connectivity index (χ4n) is 2.57. The molecule has 0 bridgehead atoms. The molecule has 160 valence electrons. The van der Waals surface area contributed by atoms with Crippen LogP contribution in [0.15, 0.2) is 70.9 Å². The Hall–Kier alpha value is -4.42. The van der Waals surface area contributed by atoms with Crippen molar-refractivity contribution in [2.24, 2.45) is 0 Å². The third-order valence-electron chi connectivity index (χ3n) is 4.15. The van der Waals surface area contributed by atoms with E-state index in [0.717, 1.165) is 6.07 Å². The van der Waals surface area contributed by atoms with Crippen LogP contribution in [-0.4, -0.2) is 16.8 Å². The van der Waals surface area contributed by atoms with E-state index in [4.69, 9.17) is 20.8 Å². The molecule has 0 atom stereocenters. The zero-order chi connectivity index (χ0) is 23.1. The van der Waals surface area contributed by atoms with Gasteiger partial charge in [0.15, 0.2) is 0 Å². The van der Waals surface area contributed by atoms with Gasteiger partial charge in [0.2, 0.25) is 0 Å². The Bertz CT molecular complexity index is 1230. The summed E-state index contributed by atoms with van der Waals surface area (Å²) in [4.78, 5) is 34.7. The summed E-state index contributed by atoms with van der Waals surface area (Å²) < 4.78 is 10.3. The Morgan fingerprint density at radius 1 is 1.22 bits per heavy atom. The minimum Gasteiger partial charge on any atom is -0.467 e. The maximum Gasteiger partial charge on any atom is 0.343 e. The lowest BCUT2D eigenvalue weighted by Gasteiger charge is -2.06. The van der Waals surface area contributed by atoms with Crippen molar-refractivity contribution >= 4 is 35.2 Å². The molecule has 1 N–H and O–H groups in total. The SMILES string of the molecule is N#C/C(=C\c1ccc(OC(=O)c2ccc(Cl)c([N+](=O)[O-])c2)cc1)C(=O)NCc1ccco1. The summed E-state index contributed by atoms with van der Waals surface area (Å²) in [5.74, 6) is -0.648. The highest BCUT2D eigenvalue weighted by Crippen LogP contribution is 2.26. The van der Waals surface area contributed by atoms with Crippen molar-refractivity contribution in [2.75, 3.05) is 0 Å². The third kappa shape index (κ3) is 5.59. The summed E-state index contributed by atoms with van der Waals surface area (Å²) in [6.45, 7) is 0.141. The first-order chi connectivity index (χ1) is 15.4. The first-order valence-corrected chi connectivity index (χ1v) is 9.43. The largest absolute Gasteiger partial charge is 0.467 e. The number of carbonyl (C=O) groups is 2. The van der Waals surface area contributed by atoms with Gasteiger partial charge in [-0.05, 0) is 48.0 Å². The molecule has 3 aromatic rings. The third-order valence-corrected chi connectivity index (χ3v) is 4.47. The van der Waals surface area contributed by atoms with Gasteiger partial charge >= 0.3 is 5.97 Å². The van der Waals surface area contributed by atoms with Crippen LogP contribution >= 0.6 is 11.6 Å². The van der Waals surface area contributed by atoms with Crippen molar-refractivity contribution in [3.05, 3.63) is 98.5 Å². The molecule has 0 aliphatic rings. The molecule has 1 aromatic heterocycles. The van der Waals surface area contributed by atoms with Crippen LogP contribution in [0.25, 0.3) is 6.08 Å². The van der Waals surface area contributed by atoms with Crippen LogP contribution in [0, 0.1) is 21.4 Å². The number of nitrogens with zero attached hydrogens (tertiary/aromatic N) is 2. The highest BCUT2D eigenvalue weighted by atomic mass is 35.5. The summed E-state index contributed by atoms with van der Waals surface area (Å²) in [7, 11) is 0. The Morgan fingerprint density at radius 3 is 2.59 bits per heavy atom. The lowest BCUT2D eigenvalue weighted by atomic mass is 10.1. The topological polar surface area (TPSA) is 135 Å². The molecule has 10 heteroatoms. The van der Waals surface area contributed by atoms with E-state index in [0.29, 0.717) is 11.3 Å². The number of hydrogen-bond acceptors (Lipinski definition) is 7. The minimum absolute atomic E-state index is 0.0370. The number of nitro groups is 1. The van der Waals surface area contributed by atoms with Crippen LogP contribution in [0.2, 0.25) is 5.02 Å². The molecule has 0 saturated heterocycles. The zero-order valence-corrected chi connectivity index (χ0v) is 17.0. The summed E-state index contributed by atoms with van der Waals surface area (Å²) in [5, 5.41) is 22.7.